The van der Waals surface area contributed by atoms with Crippen LogP contribution in [0.15, 0.2) is 36.4 Å². The van der Waals surface area contributed by atoms with Gasteiger partial charge in [0.25, 0.3) is 0 Å². The second-order valence-corrected chi connectivity index (χ2v) is 10.6. The maximum atomic E-state index is 11.6. The van der Waals surface area contributed by atoms with Crippen molar-refractivity contribution in [1.82, 2.24) is 14.9 Å². The molecule has 0 radical (unpaired) electrons. The summed E-state index contributed by atoms with van der Waals surface area (Å²) in [6, 6.07) is 8.55. The van der Waals surface area contributed by atoms with E-state index in [0.717, 1.165) is 44.3 Å². The number of nitrogens with zero attached hydrogens (tertiary/aromatic N) is 2. The van der Waals surface area contributed by atoms with E-state index >= 15 is 0 Å². The van der Waals surface area contributed by atoms with Gasteiger partial charge in [0.05, 0.1) is 11.0 Å². The molecule has 4 heteroatoms. The van der Waals surface area contributed by atoms with E-state index in [2.05, 4.69) is 47.7 Å². The number of aryl methyl sites for hydroxylation is 2. The normalized spacial score (nSPS) is 11.3. The molecule has 0 aliphatic carbocycles. The molecule has 0 saturated carbocycles. The van der Waals surface area contributed by atoms with Gasteiger partial charge in [0, 0.05) is 25.1 Å². The minimum Gasteiger partial charge on any atom is -0.352 e. The van der Waals surface area contributed by atoms with E-state index in [1.165, 1.54) is 101 Å². The molecule has 4 nitrogen and oxygen atoms in total. The fourth-order valence-corrected chi connectivity index (χ4v) is 4.97. The van der Waals surface area contributed by atoms with Crippen LogP contribution in [0.4, 0.5) is 0 Å². The summed E-state index contributed by atoms with van der Waals surface area (Å²) in [5.41, 5.74) is 2.97. The third-order valence-corrected chi connectivity index (χ3v) is 7.22. The maximum absolute atomic E-state index is 11.6. The number of carbonyl (C=O) groups excluding carboxylic acids is 1. The van der Waals surface area contributed by atoms with Gasteiger partial charge in [-0.3, -0.25) is 4.79 Å². The number of carbonyl (C=O) groups is 1. The van der Waals surface area contributed by atoms with Crippen LogP contribution in [0.2, 0.25) is 0 Å². The number of imidazole rings is 1. The van der Waals surface area contributed by atoms with Gasteiger partial charge >= 0.3 is 0 Å². The highest BCUT2D eigenvalue weighted by Crippen LogP contribution is 2.20. The number of hydrogen-bond acceptors (Lipinski definition) is 2. The van der Waals surface area contributed by atoms with Crippen LogP contribution >= 0.6 is 0 Å². The Morgan fingerprint density at radius 2 is 1.36 bits per heavy atom. The quantitative estimate of drug-likeness (QED) is 0.131. The third-order valence-electron chi connectivity index (χ3n) is 7.22. The second-order valence-electron chi connectivity index (χ2n) is 10.6. The Bertz CT molecular complexity index is 869. The van der Waals surface area contributed by atoms with Gasteiger partial charge in [0.15, 0.2) is 0 Å². The Morgan fingerprint density at radius 3 is 1.97 bits per heavy atom. The molecule has 1 aromatic carbocycles. The van der Waals surface area contributed by atoms with Crippen molar-refractivity contribution < 1.29 is 4.79 Å². The van der Waals surface area contributed by atoms with Crippen molar-refractivity contribution in [3.8, 4) is 0 Å². The molecule has 1 heterocycles. The fourth-order valence-electron chi connectivity index (χ4n) is 4.97. The number of fused-ring (bicyclic) bond motifs is 1. The average molecular weight is 496 g/mol. The lowest BCUT2D eigenvalue weighted by atomic mass is 10.0. The summed E-state index contributed by atoms with van der Waals surface area (Å²) in [6.07, 6.45) is 23.7. The molecule has 1 N–H and O–H groups in total. The average Bonchev–Trinajstić information content (AvgIpc) is 3.23. The van der Waals surface area contributed by atoms with Gasteiger partial charge in [-0.15, -0.1) is 0 Å². The fraction of sp³-hybridized carbons (Fsp3) is 0.688. The molecule has 0 aliphatic rings. The Kier molecular flexibility index (Phi) is 16.0. The zero-order valence-corrected chi connectivity index (χ0v) is 23.5. The molecule has 0 aliphatic heterocycles. The lowest BCUT2D eigenvalue weighted by molar-refractivity contribution is -0.117. The van der Waals surface area contributed by atoms with Gasteiger partial charge < -0.3 is 9.88 Å². The number of hydrogen-bond donors (Lipinski definition) is 1. The van der Waals surface area contributed by atoms with E-state index in [9.17, 15) is 4.79 Å². The monoisotopic (exact) mass is 495 g/mol. The highest BCUT2D eigenvalue weighted by Gasteiger charge is 2.10. The van der Waals surface area contributed by atoms with Gasteiger partial charge in [-0.05, 0) is 38.3 Å². The van der Waals surface area contributed by atoms with Crippen molar-refractivity contribution in [1.29, 1.82) is 0 Å². The molecule has 0 saturated heterocycles. The third kappa shape index (κ3) is 12.2. The van der Waals surface area contributed by atoms with E-state index in [-0.39, 0.29) is 5.91 Å². The van der Waals surface area contributed by atoms with Gasteiger partial charge in [-0.25, -0.2) is 4.98 Å². The highest BCUT2D eigenvalue weighted by molar-refractivity contribution is 5.92. The Hall–Kier alpha value is -2.10. The number of amides is 1. The lowest BCUT2D eigenvalue weighted by Crippen LogP contribution is -2.24. The van der Waals surface area contributed by atoms with Crippen molar-refractivity contribution in [3.63, 3.8) is 0 Å². The van der Waals surface area contributed by atoms with Gasteiger partial charge in [0.2, 0.25) is 5.91 Å². The van der Waals surface area contributed by atoms with E-state index in [0.29, 0.717) is 5.57 Å². The minimum atomic E-state index is -0.0371. The Labute approximate surface area is 221 Å². The van der Waals surface area contributed by atoms with Crippen LogP contribution in [0.1, 0.15) is 129 Å². The summed E-state index contributed by atoms with van der Waals surface area (Å²) in [5.74, 6) is 1.18. The minimum absolute atomic E-state index is 0.0371. The first-order valence-electron chi connectivity index (χ1n) is 15.0. The molecule has 0 unspecified atom stereocenters. The topological polar surface area (TPSA) is 46.9 Å². The molecule has 2 rings (SSSR count). The van der Waals surface area contributed by atoms with Crippen molar-refractivity contribution in [2.75, 3.05) is 6.54 Å². The Morgan fingerprint density at radius 1 is 0.806 bits per heavy atom. The van der Waals surface area contributed by atoms with Crippen LogP contribution < -0.4 is 5.32 Å². The predicted octanol–water partition coefficient (Wildman–Crippen LogP) is 8.92. The molecule has 1 aromatic heterocycles. The largest absolute Gasteiger partial charge is 0.352 e. The van der Waals surface area contributed by atoms with Gasteiger partial charge in [-0.1, -0.05) is 116 Å². The van der Waals surface area contributed by atoms with E-state index in [1.807, 2.05) is 0 Å². The maximum Gasteiger partial charge on any atom is 0.246 e. The number of aromatic nitrogens is 2. The zero-order valence-electron chi connectivity index (χ0n) is 23.5. The smallest absolute Gasteiger partial charge is 0.246 e. The first-order valence-corrected chi connectivity index (χ1v) is 15.0. The summed E-state index contributed by atoms with van der Waals surface area (Å²) < 4.78 is 2.46. The van der Waals surface area contributed by atoms with E-state index < -0.39 is 0 Å². The zero-order chi connectivity index (χ0) is 25.8. The van der Waals surface area contributed by atoms with Crippen LogP contribution in [0.5, 0.6) is 0 Å². The summed E-state index contributed by atoms with van der Waals surface area (Å²) in [5, 5.41) is 2.92. The van der Waals surface area contributed by atoms with Crippen molar-refractivity contribution >= 4 is 16.9 Å². The van der Waals surface area contributed by atoms with Crippen molar-refractivity contribution in [2.45, 2.75) is 136 Å². The standard InChI is InChI=1S/C32H53N3O/c1-4-5-6-7-8-9-10-11-12-13-14-15-16-22-27-35-30-24-20-19-23-29(30)34-31(35)25-18-17-21-26-33-32(36)28(2)3/h19-20,23-24H,2,4-18,21-22,25-27H2,1,3H3,(H,33,36). The first-order chi connectivity index (χ1) is 17.6. The van der Waals surface area contributed by atoms with Crippen LogP contribution in [0.25, 0.3) is 11.0 Å². The predicted molar refractivity (Wildman–Crippen MR) is 155 cm³/mol. The van der Waals surface area contributed by atoms with E-state index in [1.54, 1.807) is 6.92 Å². The number of rotatable bonds is 22. The highest BCUT2D eigenvalue weighted by atomic mass is 16.1. The van der Waals surface area contributed by atoms with Crippen LogP contribution in [0.3, 0.4) is 0 Å². The van der Waals surface area contributed by atoms with Crippen LogP contribution in [-0.2, 0) is 17.8 Å². The number of benzene rings is 1. The molecule has 0 fully saturated rings. The molecule has 36 heavy (non-hydrogen) atoms. The summed E-state index contributed by atoms with van der Waals surface area (Å²) >= 11 is 0. The van der Waals surface area contributed by atoms with E-state index in [4.69, 9.17) is 4.98 Å². The SMILES string of the molecule is C=C(C)C(=O)NCCCCCc1nc2ccccc2n1CCCCCCCCCCCCCCCC. The van der Waals surface area contributed by atoms with Crippen molar-refractivity contribution in [2.24, 2.45) is 0 Å². The second kappa shape index (κ2) is 19.1. The summed E-state index contributed by atoms with van der Waals surface area (Å²) in [4.78, 5) is 16.5. The molecular weight excluding hydrogens is 442 g/mol. The summed E-state index contributed by atoms with van der Waals surface area (Å²) in [7, 11) is 0. The number of unbranched alkanes of at least 4 members (excludes halogenated alkanes) is 15. The summed E-state index contributed by atoms with van der Waals surface area (Å²) in [6.45, 7) is 9.52. The molecule has 202 valence electrons. The Balaban J connectivity index is 1.60. The molecule has 0 bridgehead atoms. The molecule has 1 amide bonds. The van der Waals surface area contributed by atoms with Crippen LogP contribution in [0, 0.1) is 0 Å². The molecule has 0 spiro atoms. The molecular formula is C32H53N3O. The first kappa shape index (κ1) is 30.1. The number of para-hydroxylation sites is 2. The van der Waals surface area contributed by atoms with Crippen LogP contribution in [-0.4, -0.2) is 22.0 Å². The van der Waals surface area contributed by atoms with Crippen molar-refractivity contribution in [3.05, 3.63) is 42.2 Å². The lowest BCUT2D eigenvalue weighted by Gasteiger charge is -2.10. The molecule has 2 aromatic rings. The van der Waals surface area contributed by atoms with Gasteiger partial charge in [0.1, 0.15) is 5.82 Å². The van der Waals surface area contributed by atoms with Gasteiger partial charge in [-0.2, -0.15) is 0 Å². The number of nitrogens with one attached hydrogen (secondary N) is 1. The molecule has 0 atom stereocenters.